The predicted molar refractivity (Wildman–Crippen MR) is 101 cm³/mol. The summed E-state index contributed by atoms with van der Waals surface area (Å²) in [4.78, 5) is 12.6. The third-order valence-corrected chi connectivity index (χ3v) is 5.46. The van der Waals surface area contributed by atoms with Crippen molar-refractivity contribution in [2.75, 3.05) is 17.1 Å². The second-order valence-electron chi connectivity index (χ2n) is 6.40. The van der Waals surface area contributed by atoms with Gasteiger partial charge in [-0.1, -0.05) is 42.0 Å². The van der Waals surface area contributed by atoms with Gasteiger partial charge in [0, 0.05) is 19.5 Å². The lowest BCUT2D eigenvalue weighted by Gasteiger charge is -2.20. The zero-order valence-corrected chi connectivity index (χ0v) is 15.6. The fourth-order valence-corrected chi connectivity index (χ4v) is 3.81. The average Bonchev–Trinajstić information content (AvgIpc) is 2.80. The van der Waals surface area contributed by atoms with Crippen LogP contribution in [0.15, 0.2) is 48.5 Å². The molecule has 1 heterocycles. The topological polar surface area (TPSA) is 75.7 Å². The Bertz CT molecular complexity index is 894. The van der Waals surface area contributed by atoms with Gasteiger partial charge in [0.15, 0.2) is 6.10 Å². The Kier molecular flexibility index (Phi) is 5.18. The number of hydrogen-bond donors (Lipinski definition) is 1. The third-order valence-electron chi connectivity index (χ3n) is 4.28. The standard InChI is InChI=1S/C19H22N2O4S/c1-14-7-9-15(10-8-14)13-20-19(22)18-11-12-21(26(2,23)24)16-5-3-4-6-17(16)25-18/h3-10,18H,11-13H2,1-2H3,(H,20,22)/t18-/m1/s1. The molecule has 0 saturated heterocycles. The quantitative estimate of drug-likeness (QED) is 0.890. The van der Waals surface area contributed by atoms with Crippen LogP contribution in [0.2, 0.25) is 0 Å². The number of nitrogens with one attached hydrogen (secondary N) is 1. The summed E-state index contributed by atoms with van der Waals surface area (Å²) in [5, 5.41) is 2.87. The molecule has 0 saturated carbocycles. The van der Waals surface area contributed by atoms with Crippen molar-refractivity contribution in [2.24, 2.45) is 0 Å². The van der Waals surface area contributed by atoms with Crippen LogP contribution < -0.4 is 14.4 Å². The van der Waals surface area contributed by atoms with E-state index in [0.29, 0.717) is 18.0 Å². The lowest BCUT2D eigenvalue weighted by atomic mass is 10.1. The highest BCUT2D eigenvalue weighted by Gasteiger charge is 2.30. The maximum absolute atomic E-state index is 12.6. The number of para-hydroxylation sites is 2. The van der Waals surface area contributed by atoms with Gasteiger partial charge >= 0.3 is 0 Å². The van der Waals surface area contributed by atoms with Crippen LogP contribution in [-0.4, -0.2) is 33.2 Å². The summed E-state index contributed by atoms with van der Waals surface area (Å²) in [6.45, 7) is 2.60. The Labute approximate surface area is 153 Å². The van der Waals surface area contributed by atoms with Gasteiger partial charge < -0.3 is 10.1 Å². The van der Waals surface area contributed by atoms with Crippen molar-refractivity contribution in [3.05, 3.63) is 59.7 Å². The predicted octanol–water partition coefficient (Wildman–Crippen LogP) is 2.23. The molecule has 138 valence electrons. The van der Waals surface area contributed by atoms with Gasteiger partial charge in [0.25, 0.3) is 5.91 Å². The molecule has 1 atom stereocenters. The number of anilines is 1. The second-order valence-corrected chi connectivity index (χ2v) is 8.31. The van der Waals surface area contributed by atoms with Crippen molar-refractivity contribution in [1.82, 2.24) is 5.32 Å². The highest BCUT2D eigenvalue weighted by atomic mass is 32.2. The Morgan fingerprint density at radius 1 is 1.19 bits per heavy atom. The molecule has 1 aliphatic heterocycles. The number of ether oxygens (including phenoxy) is 1. The van der Waals surface area contributed by atoms with Crippen LogP contribution in [0.1, 0.15) is 17.5 Å². The van der Waals surface area contributed by atoms with E-state index in [1.165, 1.54) is 4.31 Å². The van der Waals surface area contributed by atoms with Crippen LogP contribution in [-0.2, 0) is 21.4 Å². The van der Waals surface area contributed by atoms with Crippen LogP contribution >= 0.6 is 0 Å². The molecule has 2 aromatic carbocycles. The molecule has 1 aliphatic rings. The number of rotatable bonds is 4. The Balaban J connectivity index is 1.74. The van der Waals surface area contributed by atoms with Gasteiger partial charge in [0.2, 0.25) is 10.0 Å². The van der Waals surface area contributed by atoms with E-state index in [4.69, 9.17) is 4.74 Å². The van der Waals surface area contributed by atoms with Crippen molar-refractivity contribution >= 4 is 21.6 Å². The third kappa shape index (κ3) is 4.16. The molecule has 0 aromatic heterocycles. The summed E-state index contributed by atoms with van der Waals surface area (Å²) in [5.74, 6) is 0.140. The van der Waals surface area contributed by atoms with Gasteiger partial charge in [-0.3, -0.25) is 9.10 Å². The second kappa shape index (κ2) is 7.37. The van der Waals surface area contributed by atoms with E-state index in [1.807, 2.05) is 31.2 Å². The molecule has 0 unspecified atom stereocenters. The number of hydrogen-bond acceptors (Lipinski definition) is 4. The lowest BCUT2D eigenvalue weighted by molar-refractivity contribution is -0.128. The van der Waals surface area contributed by atoms with E-state index < -0.39 is 16.1 Å². The molecule has 6 nitrogen and oxygen atoms in total. The highest BCUT2D eigenvalue weighted by Crippen LogP contribution is 2.33. The van der Waals surface area contributed by atoms with Crippen LogP contribution in [0, 0.1) is 6.92 Å². The van der Waals surface area contributed by atoms with Gasteiger partial charge in [-0.15, -0.1) is 0 Å². The molecule has 0 bridgehead atoms. The van der Waals surface area contributed by atoms with Gasteiger partial charge in [-0.05, 0) is 24.6 Å². The lowest BCUT2D eigenvalue weighted by Crippen LogP contribution is -2.39. The van der Waals surface area contributed by atoms with Gasteiger partial charge in [-0.2, -0.15) is 0 Å². The smallest absolute Gasteiger partial charge is 0.261 e. The van der Waals surface area contributed by atoms with Crippen molar-refractivity contribution < 1.29 is 17.9 Å². The summed E-state index contributed by atoms with van der Waals surface area (Å²) in [6.07, 6.45) is 0.691. The van der Waals surface area contributed by atoms with Crippen LogP contribution in [0.5, 0.6) is 5.75 Å². The number of benzene rings is 2. The van der Waals surface area contributed by atoms with Gasteiger partial charge in [0.1, 0.15) is 5.75 Å². The van der Waals surface area contributed by atoms with Crippen molar-refractivity contribution in [3.8, 4) is 5.75 Å². The van der Waals surface area contributed by atoms with Crippen LogP contribution in [0.3, 0.4) is 0 Å². The number of nitrogens with zero attached hydrogens (tertiary/aromatic N) is 1. The maximum atomic E-state index is 12.6. The summed E-state index contributed by atoms with van der Waals surface area (Å²) in [7, 11) is -3.45. The first kappa shape index (κ1) is 18.3. The van der Waals surface area contributed by atoms with E-state index in [-0.39, 0.29) is 18.9 Å². The maximum Gasteiger partial charge on any atom is 0.261 e. The molecule has 1 amide bonds. The Morgan fingerprint density at radius 2 is 1.88 bits per heavy atom. The minimum absolute atomic E-state index is 0.193. The number of fused-ring (bicyclic) bond motifs is 1. The molecule has 0 fully saturated rings. The van der Waals surface area contributed by atoms with E-state index in [1.54, 1.807) is 24.3 Å². The largest absolute Gasteiger partial charge is 0.478 e. The highest BCUT2D eigenvalue weighted by molar-refractivity contribution is 7.92. The fraction of sp³-hybridized carbons (Fsp3) is 0.316. The molecule has 1 N–H and O–H groups in total. The van der Waals surface area contributed by atoms with Gasteiger partial charge in [-0.25, -0.2) is 8.42 Å². The van der Waals surface area contributed by atoms with Gasteiger partial charge in [0.05, 0.1) is 11.9 Å². The minimum atomic E-state index is -3.45. The average molecular weight is 374 g/mol. The molecular weight excluding hydrogens is 352 g/mol. The first-order valence-corrected chi connectivity index (χ1v) is 10.3. The fourth-order valence-electron chi connectivity index (χ4n) is 2.87. The number of amides is 1. The molecule has 0 aliphatic carbocycles. The normalized spacial score (nSPS) is 17.0. The molecule has 2 aromatic rings. The van der Waals surface area contributed by atoms with Crippen molar-refractivity contribution in [2.45, 2.75) is 26.0 Å². The summed E-state index contributed by atoms with van der Waals surface area (Å²) >= 11 is 0. The number of carbonyl (C=O) groups is 1. The van der Waals surface area contributed by atoms with Crippen molar-refractivity contribution in [3.63, 3.8) is 0 Å². The van der Waals surface area contributed by atoms with E-state index >= 15 is 0 Å². The minimum Gasteiger partial charge on any atom is -0.478 e. The Morgan fingerprint density at radius 3 is 2.58 bits per heavy atom. The van der Waals surface area contributed by atoms with E-state index in [9.17, 15) is 13.2 Å². The zero-order valence-electron chi connectivity index (χ0n) is 14.8. The Hall–Kier alpha value is -2.54. The summed E-state index contributed by atoms with van der Waals surface area (Å²) in [6, 6.07) is 14.8. The first-order chi connectivity index (χ1) is 12.3. The zero-order chi connectivity index (χ0) is 18.7. The van der Waals surface area contributed by atoms with Crippen molar-refractivity contribution in [1.29, 1.82) is 0 Å². The number of sulfonamides is 1. The van der Waals surface area contributed by atoms with Crippen LogP contribution in [0.4, 0.5) is 5.69 Å². The van der Waals surface area contributed by atoms with E-state index in [2.05, 4.69) is 5.32 Å². The van der Waals surface area contributed by atoms with E-state index in [0.717, 1.165) is 17.4 Å². The summed E-state index contributed by atoms with van der Waals surface area (Å²) < 4.78 is 31.3. The van der Waals surface area contributed by atoms with Crippen LogP contribution in [0.25, 0.3) is 0 Å². The molecule has 0 spiro atoms. The molecule has 0 radical (unpaired) electrons. The summed E-state index contributed by atoms with van der Waals surface area (Å²) in [5.41, 5.74) is 2.62. The number of carbonyl (C=O) groups excluding carboxylic acids is 1. The molecular formula is C19H22N2O4S. The molecule has 26 heavy (non-hydrogen) atoms. The number of aryl methyl sites for hydroxylation is 1. The first-order valence-electron chi connectivity index (χ1n) is 8.41. The monoisotopic (exact) mass is 374 g/mol. The SMILES string of the molecule is Cc1ccc(CNC(=O)[C@H]2CCN(S(C)(=O)=O)c3ccccc3O2)cc1. The molecule has 7 heteroatoms. The molecule has 3 rings (SSSR count).